The molecule has 1 aliphatic heterocycles. The average Bonchev–Trinajstić information content (AvgIpc) is 2.65. The fraction of sp³-hybridized carbons (Fsp3) is 0.579. The lowest BCUT2D eigenvalue weighted by atomic mass is 10.0. The van der Waals surface area contributed by atoms with Crippen molar-refractivity contribution in [1.29, 1.82) is 5.26 Å². The summed E-state index contributed by atoms with van der Waals surface area (Å²) in [5.41, 5.74) is 0.847. The largest absolute Gasteiger partial charge is 0.355 e. The van der Waals surface area contributed by atoms with E-state index in [1.54, 1.807) is 19.2 Å². The van der Waals surface area contributed by atoms with Gasteiger partial charge in [-0.3, -0.25) is 9.89 Å². The van der Waals surface area contributed by atoms with Gasteiger partial charge in [0.25, 0.3) is 0 Å². The van der Waals surface area contributed by atoms with Crippen molar-refractivity contribution < 1.29 is 4.39 Å². The first kappa shape index (κ1) is 22.6. The van der Waals surface area contributed by atoms with Crippen molar-refractivity contribution in [2.75, 3.05) is 26.7 Å². The second-order valence-electron chi connectivity index (χ2n) is 6.36. The van der Waals surface area contributed by atoms with Gasteiger partial charge in [0.2, 0.25) is 0 Å². The zero-order chi connectivity index (χ0) is 18.1. The minimum atomic E-state index is -0.374. The van der Waals surface area contributed by atoms with Crippen LogP contribution in [0.3, 0.4) is 0 Å². The molecule has 1 heterocycles. The number of rotatable bonds is 6. The second-order valence-corrected chi connectivity index (χ2v) is 6.36. The Kier molecular flexibility index (Phi) is 10.5. The van der Waals surface area contributed by atoms with Crippen LogP contribution in [0, 0.1) is 17.1 Å². The van der Waals surface area contributed by atoms with E-state index in [-0.39, 0.29) is 29.8 Å². The number of nitrogens with one attached hydrogen (secondary N) is 2. The lowest BCUT2D eigenvalue weighted by Gasteiger charge is -2.35. The Bertz CT molecular complexity index is 629. The summed E-state index contributed by atoms with van der Waals surface area (Å²) in [6.07, 6.45) is 5.11. The van der Waals surface area contributed by atoms with Gasteiger partial charge in [-0.15, -0.1) is 24.0 Å². The summed E-state index contributed by atoms with van der Waals surface area (Å²) in [5.74, 6) is 0.287. The molecule has 1 aromatic carbocycles. The topological polar surface area (TPSA) is 63.4 Å². The molecule has 1 fully saturated rings. The maximum Gasteiger partial charge on any atom is 0.191 e. The summed E-state index contributed by atoms with van der Waals surface area (Å²) in [7, 11) is 1.71. The molecule has 2 rings (SSSR count). The van der Waals surface area contributed by atoms with Gasteiger partial charge in [-0.05, 0) is 37.9 Å². The van der Waals surface area contributed by atoms with Crippen LogP contribution >= 0.6 is 24.0 Å². The number of hydrogen-bond donors (Lipinski definition) is 2. The fourth-order valence-corrected chi connectivity index (χ4v) is 3.29. The van der Waals surface area contributed by atoms with Crippen molar-refractivity contribution in [3.05, 3.63) is 35.1 Å². The quantitative estimate of drug-likeness (QED) is 0.379. The van der Waals surface area contributed by atoms with Gasteiger partial charge in [-0.1, -0.05) is 19.4 Å². The van der Waals surface area contributed by atoms with Crippen molar-refractivity contribution in [2.45, 2.75) is 45.2 Å². The molecule has 1 aliphatic rings. The third-order valence-electron chi connectivity index (χ3n) is 4.76. The molecule has 1 unspecified atom stereocenters. The van der Waals surface area contributed by atoms with E-state index in [1.165, 1.54) is 38.3 Å². The summed E-state index contributed by atoms with van der Waals surface area (Å²) in [4.78, 5) is 6.74. The van der Waals surface area contributed by atoms with Gasteiger partial charge >= 0.3 is 0 Å². The van der Waals surface area contributed by atoms with Crippen molar-refractivity contribution in [1.82, 2.24) is 15.5 Å². The zero-order valence-corrected chi connectivity index (χ0v) is 17.9. The molecule has 0 aromatic heterocycles. The molecular formula is C19H29FIN5. The van der Waals surface area contributed by atoms with Crippen LogP contribution in [0.4, 0.5) is 4.39 Å². The smallest absolute Gasteiger partial charge is 0.191 e. The highest BCUT2D eigenvalue weighted by Gasteiger charge is 2.19. The van der Waals surface area contributed by atoms with Crippen LogP contribution in [0.2, 0.25) is 0 Å². The van der Waals surface area contributed by atoms with E-state index in [0.29, 0.717) is 29.7 Å². The number of aliphatic imine (C=N–C) groups is 1. The van der Waals surface area contributed by atoms with E-state index in [0.717, 1.165) is 13.1 Å². The molecule has 0 bridgehead atoms. The number of nitriles is 1. The molecular weight excluding hydrogens is 444 g/mol. The van der Waals surface area contributed by atoms with Crippen LogP contribution in [0.25, 0.3) is 0 Å². The Morgan fingerprint density at radius 3 is 2.85 bits per heavy atom. The summed E-state index contributed by atoms with van der Waals surface area (Å²) < 4.78 is 13.9. The van der Waals surface area contributed by atoms with Crippen LogP contribution < -0.4 is 10.6 Å². The Balaban J connectivity index is 0.00000338. The summed E-state index contributed by atoms with van der Waals surface area (Å²) in [5, 5.41) is 15.2. The Morgan fingerprint density at radius 2 is 2.19 bits per heavy atom. The van der Waals surface area contributed by atoms with Gasteiger partial charge in [0, 0.05) is 38.3 Å². The molecule has 0 amide bonds. The number of likely N-dealkylation sites (tertiary alicyclic amines) is 1. The van der Waals surface area contributed by atoms with Gasteiger partial charge < -0.3 is 10.6 Å². The first-order valence-electron chi connectivity index (χ1n) is 9.05. The molecule has 1 saturated heterocycles. The van der Waals surface area contributed by atoms with E-state index in [1.807, 2.05) is 6.07 Å². The van der Waals surface area contributed by atoms with Gasteiger partial charge in [0.15, 0.2) is 5.96 Å². The Morgan fingerprint density at radius 1 is 1.38 bits per heavy atom. The number of halogens is 2. The number of guanidine groups is 1. The molecule has 26 heavy (non-hydrogen) atoms. The first-order chi connectivity index (χ1) is 12.2. The summed E-state index contributed by atoms with van der Waals surface area (Å²) in [6, 6.07) is 7.14. The standard InChI is InChI=1S/C19H28FN5.HI/c1-3-17-6-4-5-10-25(17)11-9-23-19(22-2)24-14-16-8-7-15(13-21)12-18(16)20;/h7-8,12,17H,3-6,9-11,14H2,1-2H3,(H2,22,23,24);1H. The highest BCUT2D eigenvalue weighted by molar-refractivity contribution is 14.0. The van der Waals surface area contributed by atoms with E-state index >= 15 is 0 Å². The van der Waals surface area contributed by atoms with Crippen molar-refractivity contribution >= 4 is 29.9 Å². The monoisotopic (exact) mass is 473 g/mol. The van der Waals surface area contributed by atoms with Crippen molar-refractivity contribution in [3.8, 4) is 6.07 Å². The average molecular weight is 473 g/mol. The first-order valence-corrected chi connectivity index (χ1v) is 9.05. The van der Waals surface area contributed by atoms with E-state index < -0.39 is 0 Å². The van der Waals surface area contributed by atoms with Gasteiger partial charge in [0.05, 0.1) is 11.6 Å². The van der Waals surface area contributed by atoms with Crippen LogP contribution in [0.5, 0.6) is 0 Å². The van der Waals surface area contributed by atoms with Crippen LogP contribution in [0.15, 0.2) is 23.2 Å². The lowest BCUT2D eigenvalue weighted by molar-refractivity contribution is 0.147. The minimum Gasteiger partial charge on any atom is -0.355 e. The molecule has 0 radical (unpaired) electrons. The van der Waals surface area contributed by atoms with Crippen LogP contribution in [-0.2, 0) is 6.54 Å². The molecule has 1 atom stereocenters. The number of hydrogen-bond acceptors (Lipinski definition) is 3. The number of nitrogens with zero attached hydrogens (tertiary/aromatic N) is 3. The number of piperidine rings is 1. The maximum absolute atomic E-state index is 13.9. The van der Waals surface area contributed by atoms with Crippen LogP contribution in [0.1, 0.15) is 43.7 Å². The molecule has 7 heteroatoms. The third-order valence-corrected chi connectivity index (χ3v) is 4.76. The summed E-state index contributed by atoms with van der Waals surface area (Å²) in [6.45, 7) is 5.56. The molecule has 1 aromatic rings. The molecule has 0 spiro atoms. The SMILES string of the molecule is CCC1CCCCN1CCNC(=NC)NCc1ccc(C#N)cc1F.I. The van der Waals surface area contributed by atoms with Gasteiger partial charge in [-0.2, -0.15) is 5.26 Å². The lowest BCUT2D eigenvalue weighted by Crippen LogP contribution is -2.45. The Hall–Kier alpha value is -1.40. The van der Waals surface area contributed by atoms with E-state index in [2.05, 4.69) is 27.4 Å². The fourth-order valence-electron chi connectivity index (χ4n) is 3.29. The second kappa shape index (κ2) is 12.1. The van der Waals surface area contributed by atoms with E-state index in [9.17, 15) is 4.39 Å². The molecule has 5 nitrogen and oxygen atoms in total. The predicted octanol–water partition coefficient (Wildman–Crippen LogP) is 3.24. The van der Waals surface area contributed by atoms with Gasteiger partial charge in [-0.25, -0.2) is 4.39 Å². The zero-order valence-electron chi connectivity index (χ0n) is 15.6. The Labute approximate surface area is 173 Å². The third kappa shape index (κ3) is 6.72. The van der Waals surface area contributed by atoms with Gasteiger partial charge in [0.1, 0.15) is 5.82 Å². The molecule has 0 aliphatic carbocycles. The minimum absolute atomic E-state index is 0. The van der Waals surface area contributed by atoms with Crippen molar-refractivity contribution in [2.24, 2.45) is 4.99 Å². The molecule has 0 saturated carbocycles. The normalized spacial score (nSPS) is 17.9. The summed E-state index contributed by atoms with van der Waals surface area (Å²) >= 11 is 0. The van der Waals surface area contributed by atoms with Crippen molar-refractivity contribution in [3.63, 3.8) is 0 Å². The predicted molar refractivity (Wildman–Crippen MR) is 114 cm³/mol. The highest BCUT2D eigenvalue weighted by Crippen LogP contribution is 2.18. The van der Waals surface area contributed by atoms with E-state index in [4.69, 9.17) is 5.26 Å². The molecule has 144 valence electrons. The molecule has 2 N–H and O–H groups in total. The number of benzene rings is 1. The maximum atomic E-state index is 13.9. The van der Waals surface area contributed by atoms with Crippen LogP contribution in [-0.4, -0.2) is 43.6 Å². The highest BCUT2D eigenvalue weighted by atomic mass is 127.